The molecule has 2 aromatic carbocycles. The molecule has 0 saturated heterocycles. The number of cyclic esters (lactones) is 1. The molecule has 230 valence electrons. The van der Waals surface area contributed by atoms with E-state index < -0.39 is 41.3 Å². The van der Waals surface area contributed by atoms with Crippen molar-refractivity contribution in [2.24, 2.45) is 11.8 Å². The molecule has 1 fully saturated rings. The van der Waals surface area contributed by atoms with Crippen LogP contribution in [0.2, 0.25) is 0 Å². The number of allylic oxidation sites excluding steroid dienone is 2. The van der Waals surface area contributed by atoms with Gasteiger partial charge in [0.15, 0.2) is 6.04 Å². The number of rotatable bonds is 9. The zero-order valence-electron chi connectivity index (χ0n) is 24.5. The fourth-order valence-electron chi connectivity index (χ4n) is 5.68. The molecule has 3 N–H and O–H groups in total. The average molecular weight is 591 g/mol. The van der Waals surface area contributed by atoms with Crippen molar-refractivity contribution in [3.8, 4) is 0 Å². The van der Waals surface area contributed by atoms with Crippen LogP contribution in [0.3, 0.4) is 0 Å². The number of carbonyl (C=O) groups is 4. The van der Waals surface area contributed by atoms with Crippen LogP contribution in [0.4, 0.5) is 0 Å². The lowest BCUT2D eigenvalue weighted by atomic mass is 9.94. The number of aliphatic hydroxyl groups is 1. The molecule has 43 heavy (non-hydrogen) atoms. The van der Waals surface area contributed by atoms with Crippen LogP contribution in [-0.4, -0.2) is 53.7 Å². The number of amides is 2. The molecule has 0 bridgehead atoms. The first-order chi connectivity index (χ1) is 20.9. The number of ether oxygens (including phenoxy) is 2. The van der Waals surface area contributed by atoms with Crippen LogP contribution in [0, 0.1) is 11.8 Å². The number of esters is 2. The Morgan fingerprint density at radius 1 is 0.953 bits per heavy atom. The number of aliphatic hydroxyl groups excluding tert-OH is 1. The van der Waals surface area contributed by atoms with Crippen LogP contribution >= 0.6 is 0 Å². The zero-order valence-corrected chi connectivity index (χ0v) is 24.5. The highest BCUT2D eigenvalue weighted by Crippen LogP contribution is 2.29. The molecule has 4 rings (SSSR count). The van der Waals surface area contributed by atoms with Gasteiger partial charge in [-0.2, -0.15) is 0 Å². The van der Waals surface area contributed by atoms with Crippen molar-refractivity contribution >= 4 is 23.8 Å². The Bertz CT molecular complexity index is 1240. The van der Waals surface area contributed by atoms with Gasteiger partial charge >= 0.3 is 11.9 Å². The molecule has 0 unspecified atom stereocenters. The molecule has 0 aromatic heterocycles. The van der Waals surface area contributed by atoms with Crippen LogP contribution in [-0.2, 0) is 41.7 Å². The summed E-state index contributed by atoms with van der Waals surface area (Å²) in [7, 11) is 0. The number of hydrogen-bond acceptors (Lipinski definition) is 7. The van der Waals surface area contributed by atoms with Crippen molar-refractivity contribution in [3.63, 3.8) is 0 Å². The van der Waals surface area contributed by atoms with Crippen LogP contribution in [0.15, 0.2) is 72.8 Å². The Labute approximate surface area is 253 Å². The fourth-order valence-corrected chi connectivity index (χ4v) is 5.68. The molecule has 0 spiro atoms. The Morgan fingerprint density at radius 2 is 1.63 bits per heavy atom. The van der Waals surface area contributed by atoms with Gasteiger partial charge in [-0.05, 0) is 49.7 Å². The minimum atomic E-state index is -1.24. The maximum atomic E-state index is 13.5. The molecule has 1 saturated carbocycles. The summed E-state index contributed by atoms with van der Waals surface area (Å²) >= 11 is 0. The summed E-state index contributed by atoms with van der Waals surface area (Å²) in [5.41, 5.74) is 1.12. The van der Waals surface area contributed by atoms with Crippen LogP contribution in [0.5, 0.6) is 0 Å². The maximum Gasteiger partial charge on any atom is 0.332 e. The van der Waals surface area contributed by atoms with Gasteiger partial charge in [-0.25, -0.2) is 4.79 Å². The van der Waals surface area contributed by atoms with E-state index in [0.717, 1.165) is 24.0 Å². The van der Waals surface area contributed by atoms with E-state index in [1.54, 1.807) is 0 Å². The molecular formula is C34H42N2O7. The summed E-state index contributed by atoms with van der Waals surface area (Å²) < 4.78 is 11.1. The summed E-state index contributed by atoms with van der Waals surface area (Å²) in [6.45, 7) is -0.543. The lowest BCUT2D eigenvalue weighted by molar-refractivity contribution is -0.157. The Morgan fingerprint density at radius 3 is 2.30 bits per heavy atom. The van der Waals surface area contributed by atoms with Crippen molar-refractivity contribution in [3.05, 3.63) is 83.9 Å². The SMILES string of the molecule is O=C(C[C@H]1CC=CCC[C@H](Cc2ccccc2)C(=O)OC[C@H](C(=O)OCc2ccccc2)NC1=O)NC1(CO)CCCC1. The molecule has 9 heteroatoms. The lowest BCUT2D eigenvalue weighted by Gasteiger charge is -2.29. The van der Waals surface area contributed by atoms with Crippen LogP contribution in [0.1, 0.15) is 62.5 Å². The molecule has 2 aromatic rings. The van der Waals surface area contributed by atoms with E-state index in [-0.39, 0.29) is 38.6 Å². The minimum Gasteiger partial charge on any atom is -0.463 e. The van der Waals surface area contributed by atoms with Gasteiger partial charge in [-0.1, -0.05) is 85.7 Å². The van der Waals surface area contributed by atoms with E-state index in [1.807, 2.05) is 72.8 Å². The number of hydrogen-bond donors (Lipinski definition) is 3. The third-order valence-corrected chi connectivity index (χ3v) is 8.22. The lowest BCUT2D eigenvalue weighted by Crippen LogP contribution is -2.51. The first kappa shape index (κ1) is 31.9. The van der Waals surface area contributed by atoms with E-state index in [4.69, 9.17) is 9.47 Å². The van der Waals surface area contributed by atoms with E-state index in [0.29, 0.717) is 32.1 Å². The molecule has 2 amide bonds. The molecule has 1 heterocycles. The fraction of sp³-hybridized carbons (Fsp3) is 0.471. The van der Waals surface area contributed by atoms with Crippen molar-refractivity contribution in [2.45, 2.75) is 76.0 Å². The predicted octanol–water partition coefficient (Wildman–Crippen LogP) is 3.78. The number of carbonyl (C=O) groups excluding carboxylic acids is 4. The van der Waals surface area contributed by atoms with E-state index >= 15 is 0 Å². The van der Waals surface area contributed by atoms with Gasteiger partial charge in [-0.3, -0.25) is 14.4 Å². The highest BCUT2D eigenvalue weighted by Gasteiger charge is 2.36. The molecule has 2 aliphatic rings. The Balaban J connectivity index is 1.49. The Hall–Kier alpha value is -3.98. The molecule has 3 atom stereocenters. The quantitative estimate of drug-likeness (QED) is 0.299. The molecule has 1 aliphatic carbocycles. The van der Waals surface area contributed by atoms with Gasteiger partial charge in [0.05, 0.1) is 24.0 Å². The van der Waals surface area contributed by atoms with Crippen LogP contribution in [0.25, 0.3) is 0 Å². The minimum absolute atomic E-state index is 0.00552. The Kier molecular flexibility index (Phi) is 11.9. The van der Waals surface area contributed by atoms with Gasteiger partial charge in [-0.15, -0.1) is 0 Å². The van der Waals surface area contributed by atoms with Crippen LogP contribution < -0.4 is 10.6 Å². The van der Waals surface area contributed by atoms with E-state index in [1.165, 1.54) is 0 Å². The first-order valence-corrected chi connectivity index (χ1v) is 15.2. The smallest absolute Gasteiger partial charge is 0.332 e. The normalized spacial score (nSPS) is 22.7. The second-order valence-electron chi connectivity index (χ2n) is 11.6. The van der Waals surface area contributed by atoms with Gasteiger partial charge in [0, 0.05) is 6.42 Å². The largest absolute Gasteiger partial charge is 0.463 e. The number of benzene rings is 2. The summed E-state index contributed by atoms with van der Waals surface area (Å²) in [5, 5.41) is 15.6. The number of nitrogens with one attached hydrogen (secondary N) is 2. The third-order valence-electron chi connectivity index (χ3n) is 8.22. The van der Waals surface area contributed by atoms with Gasteiger partial charge in [0.1, 0.15) is 13.2 Å². The van der Waals surface area contributed by atoms with E-state index in [9.17, 15) is 24.3 Å². The van der Waals surface area contributed by atoms with Gasteiger partial charge in [0.2, 0.25) is 11.8 Å². The van der Waals surface area contributed by atoms with Crippen molar-refractivity contribution in [2.75, 3.05) is 13.2 Å². The average Bonchev–Trinajstić information content (AvgIpc) is 3.49. The summed E-state index contributed by atoms with van der Waals surface area (Å²) in [6, 6.07) is 17.6. The molecule has 1 aliphatic heterocycles. The van der Waals surface area contributed by atoms with Crippen molar-refractivity contribution < 1.29 is 33.8 Å². The third kappa shape index (κ3) is 9.78. The zero-order chi connectivity index (χ0) is 30.5. The van der Waals surface area contributed by atoms with Gasteiger partial charge in [0.25, 0.3) is 0 Å². The molecular weight excluding hydrogens is 548 g/mol. The first-order valence-electron chi connectivity index (χ1n) is 15.2. The highest BCUT2D eigenvalue weighted by atomic mass is 16.6. The standard InChI is InChI=1S/C34H42N2O7/c37-24-34(18-10-11-19-34)36-30(38)21-27-16-8-3-9-17-28(20-25-12-4-1-5-13-25)32(40)43-23-29(35-31(27)39)33(41)42-22-26-14-6-2-7-15-26/h1-8,12-15,27-29,37H,9-11,16-24H2,(H,35,39)(H,36,38)/t27-,28-,29-/m1/s1. The second-order valence-corrected chi connectivity index (χ2v) is 11.6. The summed E-state index contributed by atoms with van der Waals surface area (Å²) in [6.07, 6.45) is 8.75. The molecule has 9 nitrogen and oxygen atoms in total. The van der Waals surface area contributed by atoms with Crippen molar-refractivity contribution in [1.82, 2.24) is 10.6 Å². The monoisotopic (exact) mass is 590 g/mol. The maximum absolute atomic E-state index is 13.5. The van der Waals surface area contributed by atoms with E-state index in [2.05, 4.69) is 10.6 Å². The topological polar surface area (TPSA) is 131 Å². The molecule has 0 radical (unpaired) electrons. The van der Waals surface area contributed by atoms with Crippen molar-refractivity contribution in [1.29, 1.82) is 0 Å². The second kappa shape index (κ2) is 16.0. The summed E-state index contributed by atoms with van der Waals surface area (Å²) in [4.78, 5) is 52.9. The summed E-state index contributed by atoms with van der Waals surface area (Å²) in [5.74, 6) is -3.23. The van der Waals surface area contributed by atoms with Gasteiger partial charge < -0.3 is 25.2 Å². The highest BCUT2D eigenvalue weighted by molar-refractivity contribution is 5.89. The predicted molar refractivity (Wildman–Crippen MR) is 160 cm³/mol.